The Morgan fingerprint density at radius 2 is 2.03 bits per heavy atom. The highest BCUT2D eigenvalue weighted by molar-refractivity contribution is 7.16. The first-order valence-electron chi connectivity index (χ1n) is 11.8. The van der Waals surface area contributed by atoms with E-state index < -0.39 is 5.41 Å². The van der Waals surface area contributed by atoms with Gasteiger partial charge < -0.3 is 14.2 Å². The third-order valence-corrected chi connectivity index (χ3v) is 7.15. The van der Waals surface area contributed by atoms with Crippen LogP contribution in [0.1, 0.15) is 37.9 Å². The summed E-state index contributed by atoms with van der Waals surface area (Å²) >= 11 is 1.22. The molecule has 9 nitrogen and oxygen atoms in total. The number of ether oxygens (including phenoxy) is 3. The lowest BCUT2D eigenvalue weighted by Gasteiger charge is -2.21. The summed E-state index contributed by atoms with van der Waals surface area (Å²) in [6.45, 7) is 6.57. The van der Waals surface area contributed by atoms with E-state index in [4.69, 9.17) is 19.3 Å². The quantitative estimate of drug-likeness (QED) is 0.162. The van der Waals surface area contributed by atoms with E-state index in [0.29, 0.717) is 24.2 Å². The van der Waals surface area contributed by atoms with Gasteiger partial charge in [0.05, 0.1) is 34.6 Å². The van der Waals surface area contributed by atoms with Gasteiger partial charge in [-0.05, 0) is 55.8 Å². The molecule has 3 aromatic heterocycles. The topological polar surface area (TPSA) is 97.5 Å². The highest BCUT2D eigenvalue weighted by atomic mass is 32.1. The van der Waals surface area contributed by atoms with Crippen molar-refractivity contribution < 1.29 is 19.0 Å². The zero-order valence-electron chi connectivity index (χ0n) is 21.3. The molecule has 0 amide bonds. The molecule has 0 aliphatic heterocycles. The predicted molar refractivity (Wildman–Crippen MR) is 143 cm³/mol. The van der Waals surface area contributed by atoms with Crippen molar-refractivity contribution in [3.8, 4) is 11.6 Å². The molecule has 0 aliphatic rings. The number of carbonyl (C=O) groups is 1. The van der Waals surface area contributed by atoms with E-state index in [1.54, 1.807) is 35.4 Å². The Balaban J connectivity index is 1.46. The van der Waals surface area contributed by atoms with Gasteiger partial charge in [0.1, 0.15) is 19.1 Å². The average molecular weight is 538 g/mol. The molecule has 4 aromatic rings. The predicted octanol–water partition coefficient (Wildman–Crippen LogP) is 3.93. The molecule has 0 aliphatic carbocycles. The van der Waals surface area contributed by atoms with Crippen molar-refractivity contribution in [2.75, 3.05) is 20.3 Å². The zero-order chi connectivity index (χ0) is 26.6. The van der Waals surface area contributed by atoms with Crippen molar-refractivity contribution in [1.29, 1.82) is 0 Å². The number of pyridine rings is 1. The van der Waals surface area contributed by atoms with Crippen LogP contribution in [0.25, 0.3) is 16.0 Å². The number of nitrogens with zero attached hydrogens (tertiary/aromatic N) is 4. The molecule has 1 aromatic carbocycles. The van der Waals surface area contributed by atoms with Crippen molar-refractivity contribution in [3.63, 3.8) is 0 Å². The fourth-order valence-corrected chi connectivity index (χ4v) is 4.83. The minimum Gasteiger partial charge on any atom is -0.491 e. The van der Waals surface area contributed by atoms with Crippen LogP contribution in [0.4, 0.5) is 0 Å². The SMILES string of the molecule is COC(=O)C(C)(C)COc1ccc(-n2ccc(C(C)c3ccc4c(c3)sc(=O)n4COCC[Si])n2)nc1. The number of aromatic nitrogens is 4. The molecule has 1 unspecified atom stereocenters. The summed E-state index contributed by atoms with van der Waals surface area (Å²) < 4.78 is 20.4. The van der Waals surface area contributed by atoms with E-state index in [2.05, 4.69) is 22.2 Å². The maximum atomic E-state index is 12.4. The molecule has 0 spiro atoms. The van der Waals surface area contributed by atoms with Crippen LogP contribution >= 0.6 is 11.3 Å². The Morgan fingerprint density at radius 1 is 1.22 bits per heavy atom. The molecule has 0 fully saturated rings. The minimum atomic E-state index is -0.761. The second-order valence-electron chi connectivity index (χ2n) is 9.23. The van der Waals surface area contributed by atoms with Crippen LogP contribution < -0.4 is 9.61 Å². The molecule has 0 bridgehead atoms. The van der Waals surface area contributed by atoms with Gasteiger partial charge in [-0.1, -0.05) is 24.3 Å². The normalized spacial score (nSPS) is 12.6. The fourth-order valence-electron chi connectivity index (χ4n) is 3.76. The van der Waals surface area contributed by atoms with Gasteiger partial charge in [0, 0.05) is 29.0 Å². The van der Waals surface area contributed by atoms with E-state index in [9.17, 15) is 9.59 Å². The van der Waals surface area contributed by atoms with Gasteiger partial charge in [0.15, 0.2) is 5.82 Å². The van der Waals surface area contributed by atoms with Crippen LogP contribution in [0, 0.1) is 5.41 Å². The number of benzene rings is 1. The van der Waals surface area contributed by atoms with Crippen LogP contribution in [0.15, 0.2) is 53.6 Å². The molecule has 0 saturated heterocycles. The standard InChI is InChI=1S/C26H29N4O5SSi/c1-17(18-5-7-21-22(13-18)36-25(32)29(21)16-34-11-12-37)20-9-10-30(28-20)23-8-6-19(14-27-23)35-15-26(2,3)24(31)33-4/h5-10,13-14,17H,11-12,15-16H2,1-4H3. The molecular formula is C26H29N4O5SSi. The summed E-state index contributed by atoms with van der Waals surface area (Å²) in [7, 11) is 4.74. The van der Waals surface area contributed by atoms with Crippen LogP contribution in [-0.4, -0.2) is 55.9 Å². The summed E-state index contributed by atoms with van der Waals surface area (Å²) in [5.74, 6) is 0.884. The summed E-state index contributed by atoms with van der Waals surface area (Å²) in [4.78, 5) is 28.7. The third-order valence-electron chi connectivity index (χ3n) is 6.01. The number of methoxy groups -OCH3 is 1. The monoisotopic (exact) mass is 537 g/mol. The smallest absolute Gasteiger partial charge is 0.314 e. The van der Waals surface area contributed by atoms with Crippen LogP contribution in [-0.2, 0) is 21.0 Å². The van der Waals surface area contributed by atoms with Crippen molar-refractivity contribution in [2.45, 2.75) is 39.5 Å². The Morgan fingerprint density at radius 3 is 2.73 bits per heavy atom. The minimum absolute atomic E-state index is 0.0175. The second kappa shape index (κ2) is 11.4. The van der Waals surface area contributed by atoms with Gasteiger partial charge >= 0.3 is 10.8 Å². The number of carbonyl (C=O) groups excluding carboxylic acids is 1. The Labute approximate surface area is 222 Å². The van der Waals surface area contributed by atoms with E-state index in [1.807, 2.05) is 36.5 Å². The first kappa shape index (κ1) is 26.8. The maximum absolute atomic E-state index is 12.4. The molecule has 0 N–H and O–H groups in total. The van der Waals surface area contributed by atoms with Gasteiger partial charge in [-0.15, -0.1) is 0 Å². The van der Waals surface area contributed by atoms with Crippen molar-refractivity contribution >= 4 is 37.8 Å². The first-order chi connectivity index (χ1) is 17.7. The van der Waals surface area contributed by atoms with Crippen LogP contribution in [0.5, 0.6) is 5.75 Å². The molecule has 3 radical (unpaired) electrons. The number of hydrogen-bond acceptors (Lipinski definition) is 8. The Hall–Kier alpha value is -3.28. The van der Waals surface area contributed by atoms with E-state index in [1.165, 1.54) is 18.4 Å². The maximum Gasteiger partial charge on any atom is 0.314 e. The van der Waals surface area contributed by atoms with Crippen LogP contribution in [0.3, 0.4) is 0 Å². The lowest BCUT2D eigenvalue weighted by molar-refractivity contribution is -0.152. The van der Waals surface area contributed by atoms with Gasteiger partial charge in [-0.25, -0.2) is 9.67 Å². The highest BCUT2D eigenvalue weighted by Gasteiger charge is 2.29. The molecule has 37 heavy (non-hydrogen) atoms. The molecule has 3 heterocycles. The molecule has 11 heteroatoms. The number of esters is 1. The average Bonchev–Trinajstić information content (AvgIpc) is 3.51. The Bertz CT molecular complexity index is 1430. The molecule has 0 saturated carbocycles. The van der Waals surface area contributed by atoms with E-state index in [0.717, 1.165) is 21.5 Å². The van der Waals surface area contributed by atoms with Gasteiger partial charge in [-0.3, -0.25) is 14.2 Å². The highest BCUT2D eigenvalue weighted by Crippen LogP contribution is 2.28. The summed E-state index contributed by atoms with van der Waals surface area (Å²) in [6, 6.07) is 12.3. The van der Waals surface area contributed by atoms with Crippen molar-refractivity contribution in [3.05, 3.63) is 69.7 Å². The van der Waals surface area contributed by atoms with Crippen molar-refractivity contribution in [2.24, 2.45) is 5.41 Å². The van der Waals surface area contributed by atoms with Gasteiger partial charge in [0.25, 0.3) is 0 Å². The van der Waals surface area contributed by atoms with Gasteiger partial charge in [-0.2, -0.15) is 5.10 Å². The molecular weight excluding hydrogens is 508 g/mol. The number of rotatable bonds is 11. The van der Waals surface area contributed by atoms with E-state index in [-0.39, 0.29) is 30.1 Å². The van der Waals surface area contributed by atoms with Crippen molar-refractivity contribution in [1.82, 2.24) is 19.3 Å². The summed E-state index contributed by atoms with van der Waals surface area (Å²) in [5.41, 5.74) is 2.06. The number of fused-ring (bicyclic) bond motifs is 1. The lowest BCUT2D eigenvalue weighted by Crippen LogP contribution is -2.32. The summed E-state index contributed by atoms with van der Waals surface area (Å²) in [5, 5.41) is 4.72. The molecule has 193 valence electrons. The molecule has 1 atom stereocenters. The van der Waals surface area contributed by atoms with Crippen LogP contribution in [0.2, 0.25) is 6.04 Å². The second-order valence-corrected chi connectivity index (χ2v) is 10.7. The number of thiazole rings is 1. The largest absolute Gasteiger partial charge is 0.491 e. The molecule has 4 rings (SSSR count). The fraction of sp³-hybridized carbons (Fsp3) is 0.385. The van der Waals surface area contributed by atoms with Gasteiger partial charge in [0.2, 0.25) is 0 Å². The number of hydrogen-bond donors (Lipinski definition) is 0. The summed E-state index contributed by atoms with van der Waals surface area (Å²) in [6.07, 6.45) is 3.47. The first-order valence-corrected chi connectivity index (χ1v) is 13.3. The third kappa shape index (κ3) is 6.00. The lowest BCUT2D eigenvalue weighted by atomic mass is 9.95. The zero-order valence-corrected chi connectivity index (χ0v) is 23.1. The Kier molecular flexibility index (Phi) is 8.25. The van der Waals surface area contributed by atoms with E-state index >= 15 is 0 Å².